The monoisotopic (exact) mass is 314 g/mol. The van der Waals surface area contributed by atoms with Gasteiger partial charge in [0.2, 0.25) is 5.88 Å². The highest BCUT2D eigenvalue weighted by molar-refractivity contribution is 5.91. The van der Waals surface area contributed by atoms with Crippen molar-refractivity contribution in [1.82, 2.24) is 5.16 Å². The molecule has 0 radical (unpaired) electrons. The fraction of sp³-hybridized carbons (Fsp3) is 0.444. The van der Waals surface area contributed by atoms with E-state index in [1.54, 1.807) is 0 Å². The van der Waals surface area contributed by atoms with Crippen molar-refractivity contribution in [3.8, 4) is 5.75 Å². The maximum atomic E-state index is 12.1. The molecule has 0 saturated heterocycles. The third-order valence-corrected chi connectivity index (χ3v) is 4.31. The molecule has 1 heterocycles. The average Bonchev–Trinajstić information content (AvgIpc) is 2.89. The Morgan fingerprint density at radius 1 is 1.39 bits per heavy atom. The van der Waals surface area contributed by atoms with Crippen molar-refractivity contribution in [2.24, 2.45) is 5.92 Å². The first-order chi connectivity index (χ1) is 11.0. The highest BCUT2D eigenvalue weighted by Crippen LogP contribution is 2.30. The molecule has 23 heavy (non-hydrogen) atoms. The Morgan fingerprint density at radius 3 is 2.87 bits per heavy atom. The van der Waals surface area contributed by atoms with Crippen LogP contribution in [0.2, 0.25) is 0 Å². The van der Waals surface area contributed by atoms with E-state index in [1.807, 2.05) is 32.0 Å². The van der Waals surface area contributed by atoms with Crippen LogP contribution in [0.1, 0.15) is 35.7 Å². The molecule has 1 aliphatic rings. The fourth-order valence-electron chi connectivity index (χ4n) is 3.01. The van der Waals surface area contributed by atoms with Crippen LogP contribution in [-0.4, -0.2) is 17.7 Å². The van der Waals surface area contributed by atoms with Crippen LogP contribution in [0.3, 0.4) is 0 Å². The molecule has 0 spiro atoms. The largest absolute Gasteiger partial charge is 0.483 e. The van der Waals surface area contributed by atoms with Gasteiger partial charge in [-0.15, -0.1) is 0 Å². The number of hydrogen-bond donors (Lipinski definition) is 1. The fourth-order valence-corrected chi connectivity index (χ4v) is 3.01. The van der Waals surface area contributed by atoms with Crippen LogP contribution in [0.4, 0.5) is 5.88 Å². The van der Waals surface area contributed by atoms with Gasteiger partial charge in [-0.25, -0.2) is 0 Å². The molecule has 0 fully saturated rings. The molecule has 1 amide bonds. The highest BCUT2D eigenvalue weighted by atomic mass is 16.5. The summed E-state index contributed by atoms with van der Waals surface area (Å²) in [6.07, 6.45) is 2.92. The molecule has 3 rings (SSSR count). The molecule has 122 valence electrons. The summed E-state index contributed by atoms with van der Waals surface area (Å²) in [6, 6.07) is 5.91. The molecule has 1 N–H and O–H groups in total. The summed E-state index contributed by atoms with van der Waals surface area (Å²) in [7, 11) is 0. The number of rotatable bonds is 4. The third kappa shape index (κ3) is 3.38. The molecule has 1 aromatic carbocycles. The van der Waals surface area contributed by atoms with Crippen molar-refractivity contribution in [1.29, 1.82) is 0 Å². The minimum atomic E-state index is -0.232. The Hall–Kier alpha value is -2.30. The Kier molecular flexibility index (Phi) is 4.37. The number of aromatic nitrogens is 1. The zero-order valence-electron chi connectivity index (χ0n) is 13.8. The van der Waals surface area contributed by atoms with Crippen molar-refractivity contribution in [2.75, 3.05) is 11.9 Å². The molecule has 0 aliphatic heterocycles. The molecule has 0 bridgehead atoms. The summed E-state index contributed by atoms with van der Waals surface area (Å²) in [6.45, 7) is 6.09. The maximum Gasteiger partial charge on any atom is 0.264 e. The number of nitrogens with one attached hydrogen (secondary N) is 1. The molecule has 0 unspecified atom stereocenters. The first-order valence-electron chi connectivity index (χ1n) is 8.01. The second-order valence-corrected chi connectivity index (χ2v) is 6.34. The van der Waals surface area contributed by atoms with E-state index >= 15 is 0 Å². The van der Waals surface area contributed by atoms with Crippen LogP contribution in [0.25, 0.3) is 0 Å². The third-order valence-electron chi connectivity index (χ3n) is 4.31. The standard InChI is InChI=1S/C18H22N2O3/c1-11-7-8-15-14(9-11)18(23-20-15)19-16(21)10-22-17-12(2)5-4-6-13(17)3/h4-6,11H,7-10H2,1-3H3,(H,19,21)/t11-/m1/s1. The normalized spacial score (nSPS) is 16.7. The quantitative estimate of drug-likeness (QED) is 0.939. The van der Waals surface area contributed by atoms with Gasteiger partial charge in [0.15, 0.2) is 6.61 Å². The summed E-state index contributed by atoms with van der Waals surface area (Å²) in [4.78, 5) is 12.1. The Labute approximate surface area is 136 Å². The van der Waals surface area contributed by atoms with E-state index in [1.165, 1.54) is 0 Å². The summed E-state index contributed by atoms with van der Waals surface area (Å²) in [5.74, 6) is 1.59. The lowest BCUT2D eigenvalue weighted by Crippen LogP contribution is -2.22. The molecule has 1 atom stereocenters. The number of aryl methyl sites for hydroxylation is 3. The SMILES string of the molecule is Cc1cccc(C)c1OCC(=O)Nc1onc2c1C[C@H](C)CC2. The molecule has 0 saturated carbocycles. The van der Waals surface area contributed by atoms with Gasteiger partial charge in [0.25, 0.3) is 5.91 Å². The summed E-state index contributed by atoms with van der Waals surface area (Å²) in [5, 5.41) is 6.85. The molecular weight excluding hydrogens is 292 g/mol. The predicted octanol–water partition coefficient (Wildman–Crippen LogP) is 3.43. The van der Waals surface area contributed by atoms with E-state index in [4.69, 9.17) is 9.26 Å². The van der Waals surface area contributed by atoms with Crippen LogP contribution in [0, 0.1) is 19.8 Å². The molecule has 1 aromatic heterocycles. The maximum absolute atomic E-state index is 12.1. The minimum absolute atomic E-state index is 0.0449. The number of anilines is 1. The van der Waals surface area contributed by atoms with Gasteiger partial charge in [0, 0.05) is 5.56 Å². The van der Waals surface area contributed by atoms with Gasteiger partial charge in [-0.05, 0) is 50.2 Å². The predicted molar refractivity (Wildman–Crippen MR) is 87.7 cm³/mol. The number of carbonyl (C=O) groups excluding carboxylic acids is 1. The second kappa shape index (κ2) is 6.44. The van der Waals surface area contributed by atoms with Crippen molar-refractivity contribution in [2.45, 2.75) is 40.0 Å². The molecular formula is C18H22N2O3. The van der Waals surface area contributed by atoms with Crippen LogP contribution in [0.15, 0.2) is 22.7 Å². The summed E-state index contributed by atoms with van der Waals surface area (Å²) >= 11 is 0. The van der Waals surface area contributed by atoms with E-state index in [9.17, 15) is 4.79 Å². The number of ether oxygens (including phenoxy) is 1. The van der Waals surface area contributed by atoms with E-state index in [0.717, 1.165) is 47.4 Å². The van der Waals surface area contributed by atoms with Gasteiger partial charge in [0.05, 0.1) is 5.69 Å². The Bertz CT molecular complexity index is 701. The smallest absolute Gasteiger partial charge is 0.264 e. The van der Waals surface area contributed by atoms with Crippen LogP contribution >= 0.6 is 0 Å². The van der Waals surface area contributed by atoms with Gasteiger partial charge in [-0.2, -0.15) is 0 Å². The average molecular weight is 314 g/mol. The molecule has 5 nitrogen and oxygen atoms in total. The first-order valence-corrected chi connectivity index (χ1v) is 8.01. The molecule has 2 aromatic rings. The lowest BCUT2D eigenvalue weighted by Gasteiger charge is -2.16. The van der Waals surface area contributed by atoms with Crippen LogP contribution in [-0.2, 0) is 17.6 Å². The van der Waals surface area contributed by atoms with E-state index < -0.39 is 0 Å². The van der Waals surface area contributed by atoms with Gasteiger partial charge >= 0.3 is 0 Å². The van der Waals surface area contributed by atoms with Gasteiger partial charge < -0.3 is 9.26 Å². The number of amides is 1. The van der Waals surface area contributed by atoms with Gasteiger partial charge in [-0.1, -0.05) is 30.3 Å². The van der Waals surface area contributed by atoms with E-state index in [0.29, 0.717) is 11.8 Å². The Balaban J connectivity index is 1.63. The lowest BCUT2D eigenvalue weighted by atomic mass is 9.89. The van der Waals surface area contributed by atoms with E-state index in [-0.39, 0.29) is 12.5 Å². The van der Waals surface area contributed by atoms with Crippen molar-refractivity contribution < 1.29 is 14.1 Å². The minimum Gasteiger partial charge on any atom is -0.483 e. The number of hydrogen-bond acceptors (Lipinski definition) is 4. The van der Waals surface area contributed by atoms with Gasteiger partial charge in [-0.3, -0.25) is 10.1 Å². The number of nitrogens with zero attached hydrogens (tertiary/aromatic N) is 1. The zero-order chi connectivity index (χ0) is 16.4. The van der Waals surface area contributed by atoms with Crippen molar-refractivity contribution in [3.05, 3.63) is 40.6 Å². The molecule has 1 aliphatic carbocycles. The van der Waals surface area contributed by atoms with Gasteiger partial charge in [0.1, 0.15) is 5.75 Å². The van der Waals surface area contributed by atoms with Crippen molar-refractivity contribution >= 4 is 11.8 Å². The van der Waals surface area contributed by atoms with E-state index in [2.05, 4.69) is 17.4 Å². The van der Waals surface area contributed by atoms with Crippen LogP contribution < -0.4 is 10.1 Å². The lowest BCUT2D eigenvalue weighted by molar-refractivity contribution is -0.118. The summed E-state index contributed by atoms with van der Waals surface area (Å²) < 4.78 is 11.0. The number of para-hydroxylation sites is 1. The number of fused-ring (bicyclic) bond motifs is 1. The van der Waals surface area contributed by atoms with Crippen LogP contribution in [0.5, 0.6) is 5.75 Å². The molecule has 5 heteroatoms. The topological polar surface area (TPSA) is 64.4 Å². The highest BCUT2D eigenvalue weighted by Gasteiger charge is 2.24. The second-order valence-electron chi connectivity index (χ2n) is 6.34. The number of benzene rings is 1. The zero-order valence-corrected chi connectivity index (χ0v) is 13.8. The summed E-state index contributed by atoms with van der Waals surface area (Å²) in [5.41, 5.74) is 4.03. The first kappa shape index (κ1) is 15.6. The van der Waals surface area contributed by atoms with Crippen molar-refractivity contribution in [3.63, 3.8) is 0 Å². The Morgan fingerprint density at radius 2 is 2.13 bits per heavy atom. The number of carbonyl (C=O) groups is 1.